The fourth-order valence-electron chi connectivity index (χ4n) is 4.42. The Balaban J connectivity index is 1.66. The van der Waals surface area contributed by atoms with Crippen LogP contribution in [0.3, 0.4) is 0 Å². The first-order valence-electron chi connectivity index (χ1n) is 13.3. The summed E-state index contributed by atoms with van der Waals surface area (Å²) >= 11 is 0. The van der Waals surface area contributed by atoms with Gasteiger partial charge in [-0.05, 0) is 69.4 Å². The first kappa shape index (κ1) is 27.5. The third-order valence-electron chi connectivity index (χ3n) is 6.57. The average molecular weight is 520 g/mol. The van der Waals surface area contributed by atoms with Crippen molar-refractivity contribution in [1.82, 2.24) is 19.8 Å². The van der Waals surface area contributed by atoms with Gasteiger partial charge < -0.3 is 19.7 Å². The number of ether oxygens (including phenoxy) is 2. The molecule has 38 heavy (non-hydrogen) atoms. The number of aryl methyl sites for hydroxylation is 1. The molecule has 8 heteroatoms. The molecule has 6 bridgehead atoms. The summed E-state index contributed by atoms with van der Waals surface area (Å²) in [7, 11) is 2.09. The van der Waals surface area contributed by atoms with E-state index in [0.717, 1.165) is 61.7 Å². The van der Waals surface area contributed by atoms with E-state index in [1.165, 1.54) is 12.1 Å². The monoisotopic (exact) mass is 519 g/mol. The summed E-state index contributed by atoms with van der Waals surface area (Å²) < 4.78 is 26.5. The van der Waals surface area contributed by atoms with Crippen LogP contribution in [0.4, 0.5) is 16.0 Å². The molecule has 0 amide bonds. The second-order valence-electron chi connectivity index (χ2n) is 9.53. The molecular formula is C30H38FN5O2. The van der Waals surface area contributed by atoms with Crippen molar-refractivity contribution in [2.45, 2.75) is 33.7 Å². The minimum atomic E-state index is -0.363. The zero-order valence-electron chi connectivity index (χ0n) is 22.8. The van der Waals surface area contributed by atoms with Gasteiger partial charge in [-0.1, -0.05) is 26.0 Å². The first-order chi connectivity index (χ1) is 18.4. The summed E-state index contributed by atoms with van der Waals surface area (Å²) in [6.45, 7) is 11.7. The van der Waals surface area contributed by atoms with Crippen molar-refractivity contribution < 1.29 is 13.9 Å². The van der Waals surface area contributed by atoms with Crippen molar-refractivity contribution in [2.24, 2.45) is 0 Å². The summed E-state index contributed by atoms with van der Waals surface area (Å²) in [4.78, 5) is 13.8. The molecule has 4 rings (SSSR count). The van der Waals surface area contributed by atoms with Crippen LogP contribution in [0, 0.1) is 12.7 Å². The lowest BCUT2D eigenvalue weighted by molar-refractivity contribution is 0.220. The lowest BCUT2D eigenvalue weighted by Crippen LogP contribution is -2.28. The van der Waals surface area contributed by atoms with E-state index >= 15 is 0 Å². The first-order valence-corrected chi connectivity index (χ1v) is 13.3. The molecule has 1 aliphatic rings. The van der Waals surface area contributed by atoms with Crippen LogP contribution in [0.25, 0.3) is 11.3 Å². The third kappa shape index (κ3) is 7.52. The van der Waals surface area contributed by atoms with Gasteiger partial charge >= 0.3 is 0 Å². The van der Waals surface area contributed by atoms with Crippen molar-refractivity contribution in [2.75, 3.05) is 51.8 Å². The highest BCUT2D eigenvalue weighted by Crippen LogP contribution is 2.29. The van der Waals surface area contributed by atoms with Crippen LogP contribution in [0.1, 0.15) is 31.4 Å². The number of fused-ring (bicyclic) bond motifs is 7. The normalized spacial score (nSPS) is 15.2. The fraction of sp³-hybridized carbons (Fsp3) is 0.400. The van der Waals surface area contributed by atoms with Crippen LogP contribution >= 0.6 is 0 Å². The molecule has 0 saturated heterocycles. The van der Waals surface area contributed by atoms with E-state index in [-0.39, 0.29) is 5.82 Å². The van der Waals surface area contributed by atoms with Crippen LogP contribution in [-0.2, 0) is 6.54 Å². The summed E-state index contributed by atoms with van der Waals surface area (Å²) in [5.74, 6) is 1.44. The Morgan fingerprint density at radius 2 is 1.97 bits per heavy atom. The van der Waals surface area contributed by atoms with E-state index in [1.54, 1.807) is 6.20 Å². The van der Waals surface area contributed by atoms with Crippen molar-refractivity contribution in [3.8, 4) is 22.8 Å². The Bertz CT molecular complexity index is 1250. The molecule has 2 heterocycles. The van der Waals surface area contributed by atoms with Crippen molar-refractivity contribution in [1.29, 1.82) is 0 Å². The third-order valence-corrected chi connectivity index (χ3v) is 6.57. The Kier molecular flexibility index (Phi) is 9.67. The van der Waals surface area contributed by atoms with Crippen LogP contribution in [0.2, 0.25) is 0 Å². The Morgan fingerprint density at radius 3 is 2.79 bits per heavy atom. The Labute approximate surface area is 225 Å². The number of rotatable bonds is 6. The van der Waals surface area contributed by atoms with E-state index in [4.69, 9.17) is 14.5 Å². The van der Waals surface area contributed by atoms with E-state index in [2.05, 4.69) is 59.2 Å². The molecule has 202 valence electrons. The maximum atomic E-state index is 14.5. The lowest BCUT2D eigenvalue weighted by Gasteiger charge is -2.21. The van der Waals surface area contributed by atoms with Crippen LogP contribution in [0.5, 0.6) is 11.5 Å². The molecule has 2 aromatic carbocycles. The van der Waals surface area contributed by atoms with E-state index < -0.39 is 0 Å². The number of nitrogens with one attached hydrogen (secondary N) is 1. The topological polar surface area (TPSA) is 62.8 Å². The molecule has 0 saturated carbocycles. The van der Waals surface area contributed by atoms with Crippen molar-refractivity contribution in [3.63, 3.8) is 0 Å². The second kappa shape index (κ2) is 13.3. The molecule has 0 spiro atoms. The van der Waals surface area contributed by atoms with Gasteiger partial charge in [0.1, 0.15) is 23.9 Å². The van der Waals surface area contributed by atoms with E-state index in [1.807, 2.05) is 25.1 Å². The van der Waals surface area contributed by atoms with Gasteiger partial charge in [0.15, 0.2) is 0 Å². The number of likely N-dealkylation sites (N-methyl/N-ethyl adjacent to an activating group) is 2. The van der Waals surface area contributed by atoms with Gasteiger partial charge in [0, 0.05) is 48.7 Å². The minimum Gasteiger partial charge on any atom is -0.493 e. The molecular weight excluding hydrogens is 481 g/mol. The standard InChI is InChI=1S/C30H38FN5O2/c1-5-36(6-2)13-15-38-28-11-10-26-17-24(28)21-35(4)12-8-7-9-14-37-27-18-23(16-25(31)19-27)29-22(3)20-32-30(33-26)34-29/h7-8,10-11,16-20H,5-6,9,12-15,21H2,1-4H3,(H,32,33,34)/b8-7+. The van der Waals surface area contributed by atoms with Gasteiger partial charge in [0.2, 0.25) is 5.95 Å². The smallest absolute Gasteiger partial charge is 0.227 e. The predicted molar refractivity (Wildman–Crippen MR) is 151 cm³/mol. The highest BCUT2D eigenvalue weighted by molar-refractivity contribution is 5.67. The maximum absolute atomic E-state index is 14.5. The van der Waals surface area contributed by atoms with Crippen molar-refractivity contribution >= 4 is 11.6 Å². The number of aromatic nitrogens is 2. The predicted octanol–water partition coefficient (Wildman–Crippen LogP) is 5.83. The summed E-state index contributed by atoms with van der Waals surface area (Å²) in [5, 5.41) is 3.33. The highest BCUT2D eigenvalue weighted by Gasteiger charge is 2.13. The molecule has 1 aliphatic heterocycles. The number of anilines is 2. The summed E-state index contributed by atoms with van der Waals surface area (Å²) in [6.07, 6.45) is 6.71. The highest BCUT2D eigenvalue weighted by atomic mass is 19.1. The van der Waals surface area contributed by atoms with E-state index in [9.17, 15) is 4.39 Å². The van der Waals surface area contributed by atoms with Crippen LogP contribution in [-0.4, -0.2) is 66.2 Å². The summed E-state index contributed by atoms with van der Waals surface area (Å²) in [5.41, 5.74) is 4.10. The minimum absolute atomic E-state index is 0.363. The fourth-order valence-corrected chi connectivity index (χ4v) is 4.42. The zero-order chi connectivity index (χ0) is 26.9. The Hall–Kier alpha value is -3.49. The van der Waals surface area contributed by atoms with Gasteiger partial charge in [0.05, 0.1) is 12.3 Å². The maximum Gasteiger partial charge on any atom is 0.227 e. The van der Waals surface area contributed by atoms with Gasteiger partial charge in [-0.3, -0.25) is 4.90 Å². The zero-order valence-corrected chi connectivity index (χ0v) is 22.8. The second-order valence-corrected chi connectivity index (χ2v) is 9.53. The van der Waals surface area contributed by atoms with Gasteiger partial charge in [-0.2, -0.15) is 0 Å². The number of halogens is 1. The molecule has 0 fully saturated rings. The molecule has 3 aromatic rings. The quantitative estimate of drug-likeness (QED) is 0.412. The Morgan fingerprint density at radius 1 is 1.13 bits per heavy atom. The molecule has 1 aromatic heterocycles. The summed E-state index contributed by atoms with van der Waals surface area (Å²) in [6, 6.07) is 10.8. The largest absolute Gasteiger partial charge is 0.493 e. The SMILES string of the molecule is CCN(CC)CCOc1ccc2cc1CN(C)C/C=C/CCOc1cc(F)cc(c1)-c1nc(ncc1C)N2. The van der Waals surface area contributed by atoms with Gasteiger partial charge in [-0.25, -0.2) is 14.4 Å². The number of benzene rings is 2. The molecule has 0 aliphatic carbocycles. The van der Waals surface area contributed by atoms with Gasteiger partial charge in [-0.15, -0.1) is 0 Å². The lowest BCUT2D eigenvalue weighted by atomic mass is 10.1. The molecule has 0 unspecified atom stereocenters. The van der Waals surface area contributed by atoms with Crippen LogP contribution in [0.15, 0.2) is 54.7 Å². The van der Waals surface area contributed by atoms with Crippen molar-refractivity contribution in [3.05, 3.63) is 71.7 Å². The molecule has 0 radical (unpaired) electrons. The average Bonchev–Trinajstić information content (AvgIpc) is 2.90. The number of hydrogen-bond donors (Lipinski definition) is 1. The molecule has 0 atom stereocenters. The number of hydrogen-bond acceptors (Lipinski definition) is 7. The van der Waals surface area contributed by atoms with Crippen LogP contribution < -0.4 is 14.8 Å². The molecule has 1 N–H and O–H groups in total. The number of nitrogens with zero attached hydrogens (tertiary/aromatic N) is 4. The van der Waals surface area contributed by atoms with E-state index in [0.29, 0.717) is 36.2 Å². The molecule has 7 nitrogen and oxygen atoms in total. The van der Waals surface area contributed by atoms with Gasteiger partial charge in [0.25, 0.3) is 0 Å².